The van der Waals surface area contributed by atoms with Crippen molar-refractivity contribution in [2.45, 2.75) is 82.6 Å². The number of aliphatic hydroxyl groups excluding tert-OH is 1. The Labute approximate surface area is 303 Å². The lowest BCUT2D eigenvalue weighted by Gasteiger charge is -2.42. The van der Waals surface area contributed by atoms with E-state index in [1.807, 2.05) is 6.92 Å². The van der Waals surface area contributed by atoms with Gasteiger partial charge in [-0.1, -0.05) is 0 Å². The van der Waals surface area contributed by atoms with Gasteiger partial charge in [-0.15, -0.1) is 11.3 Å². The molecule has 4 aromatic rings. The number of ether oxygens (including phenoxy) is 3. The number of benzene rings is 1. The van der Waals surface area contributed by atoms with E-state index in [9.17, 15) is 10.4 Å². The summed E-state index contributed by atoms with van der Waals surface area (Å²) < 4.78 is 51.1. The number of anilines is 2. The fourth-order valence-electron chi connectivity index (χ4n) is 9.58. The summed E-state index contributed by atoms with van der Waals surface area (Å²) >= 11 is 0.950. The maximum absolute atomic E-state index is 17.5. The lowest BCUT2D eigenvalue weighted by molar-refractivity contribution is 0.0176. The Morgan fingerprint density at radius 2 is 1.92 bits per heavy atom. The first kappa shape index (κ1) is 32.8. The van der Waals surface area contributed by atoms with Gasteiger partial charge in [0.1, 0.15) is 22.4 Å². The number of pyridine rings is 1. The number of piperazine rings is 1. The molecule has 5 atom stereocenters. The molecule has 0 radical (unpaired) electrons. The number of nitrogens with zero attached hydrogens (tertiary/aromatic N) is 7. The van der Waals surface area contributed by atoms with Crippen LogP contribution in [0, 0.1) is 28.4 Å². The molecule has 0 amide bonds. The van der Waals surface area contributed by atoms with E-state index in [4.69, 9.17) is 29.9 Å². The van der Waals surface area contributed by atoms with Crippen molar-refractivity contribution in [3.8, 4) is 23.3 Å². The minimum atomic E-state index is -0.642. The van der Waals surface area contributed by atoms with E-state index in [-0.39, 0.29) is 74.1 Å². The summed E-state index contributed by atoms with van der Waals surface area (Å²) in [6.07, 6.45) is 5.98. The monoisotopic (exact) mass is 730 g/mol. The van der Waals surface area contributed by atoms with E-state index in [1.54, 1.807) is 0 Å². The molecule has 6 aliphatic rings. The lowest BCUT2D eigenvalue weighted by Crippen LogP contribution is -2.55. The second kappa shape index (κ2) is 12.1. The molecule has 15 heteroatoms. The number of nitriles is 1. The predicted octanol–water partition coefficient (Wildman–Crippen LogP) is 4.33. The van der Waals surface area contributed by atoms with Crippen molar-refractivity contribution < 1.29 is 28.1 Å². The second-order valence-corrected chi connectivity index (χ2v) is 16.8. The van der Waals surface area contributed by atoms with Crippen LogP contribution in [0.15, 0.2) is 6.20 Å². The number of β-amino-alcohol motifs (C(OH)–C–C–N with tert-alkyl or cyclic N) is 1. The summed E-state index contributed by atoms with van der Waals surface area (Å²) in [4.78, 5) is 21.5. The van der Waals surface area contributed by atoms with Crippen LogP contribution in [0.5, 0.6) is 6.01 Å². The van der Waals surface area contributed by atoms with Gasteiger partial charge in [0.05, 0.1) is 66.2 Å². The number of nitrogens with two attached hydrogens (primary N) is 1. The predicted molar refractivity (Wildman–Crippen MR) is 190 cm³/mol. The van der Waals surface area contributed by atoms with Crippen molar-refractivity contribution in [1.29, 1.82) is 5.26 Å². The number of aliphatic hydroxyl groups is 1. The van der Waals surface area contributed by atoms with Gasteiger partial charge in [-0.05, 0) is 50.2 Å². The number of thiophene rings is 1. The van der Waals surface area contributed by atoms with Crippen molar-refractivity contribution in [3.05, 3.63) is 34.5 Å². The third-order valence-electron chi connectivity index (χ3n) is 12.1. The van der Waals surface area contributed by atoms with Crippen molar-refractivity contribution in [1.82, 2.24) is 24.8 Å². The summed E-state index contributed by atoms with van der Waals surface area (Å²) in [5.74, 6) is -0.638. The number of hydrogen-bond acceptors (Lipinski definition) is 13. The molecule has 5 fully saturated rings. The maximum atomic E-state index is 17.5. The minimum absolute atomic E-state index is 0.0136. The highest BCUT2D eigenvalue weighted by Crippen LogP contribution is 2.50. The molecule has 10 rings (SSSR count). The summed E-state index contributed by atoms with van der Waals surface area (Å²) in [6.45, 7) is 7.29. The van der Waals surface area contributed by atoms with E-state index >= 15 is 8.78 Å². The Balaban J connectivity index is 1.11. The number of rotatable bonds is 9. The minimum Gasteiger partial charge on any atom is -0.463 e. The largest absolute Gasteiger partial charge is 0.463 e. The van der Waals surface area contributed by atoms with Gasteiger partial charge in [-0.2, -0.15) is 15.2 Å². The molecular weight excluding hydrogens is 691 g/mol. The zero-order chi connectivity index (χ0) is 35.5. The molecule has 52 heavy (non-hydrogen) atoms. The summed E-state index contributed by atoms with van der Waals surface area (Å²) in [6, 6.07) is 2.87. The van der Waals surface area contributed by atoms with Crippen LogP contribution in [0.3, 0.4) is 0 Å². The van der Waals surface area contributed by atoms with Crippen LogP contribution in [0.1, 0.15) is 55.7 Å². The molecule has 1 aromatic carbocycles. The number of nitrogen functional groups attached to an aromatic ring is 1. The van der Waals surface area contributed by atoms with E-state index < -0.39 is 17.7 Å². The van der Waals surface area contributed by atoms with Gasteiger partial charge < -0.3 is 30.0 Å². The topological polar surface area (TPSA) is 146 Å². The molecule has 4 saturated heterocycles. The van der Waals surface area contributed by atoms with Gasteiger partial charge in [0.15, 0.2) is 11.6 Å². The first-order valence-electron chi connectivity index (χ1n) is 18.3. The first-order valence-corrected chi connectivity index (χ1v) is 19.1. The Morgan fingerprint density at radius 1 is 1.13 bits per heavy atom. The zero-order valence-electron chi connectivity index (χ0n) is 28.9. The van der Waals surface area contributed by atoms with E-state index in [0.29, 0.717) is 42.1 Å². The highest BCUT2D eigenvalue weighted by atomic mass is 32.1. The summed E-state index contributed by atoms with van der Waals surface area (Å²) in [7, 11) is 0. The Bertz CT molecular complexity index is 2160. The average Bonchev–Trinajstić information content (AvgIpc) is 3.63. The van der Waals surface area contributed by atoms with Gasteiger partial charge in [0.25, 0.3) is 0 Å². The quantitative estimate of drug-likeness (QED) is 0.253. The lowest BCUT2D eigenvalue weighted by atomic mass is 9.93. The van der Waals surface area contributed by atoms with E-state index in [2.05, 4.69) is 25.8 Å². The second-order valence-electron chi connectivity index (χ2n) is 15.7. The Kier molecular flexibility index (Phi) is 7.66. The van der Waals surface area contributed by atoms with Crippen LogP contribution in [-0.4, -0.2) is 106 Å². The van der Waals surface area contributed by atoms with Gasteiger partial charge in [0, 0.05) is 67.2 Å². The summed E-state index contributed by atoms with van der Waals surface area (Å²) in [5.41, 5.74) is 7.91. The van der Waals surface area contributed by atoms with Gasteiger partial charge in [0.2, 0.25) is 0 Å². The van der Waals surface area contributed by atoms with Crippen molar-refractivity contribution in [3.63, 3.8) is 0 Å². The molecule has 3 N–H and O–H groups in total. The number of morpholine rings is 1. The maximum Gasteiger partial charge on any atom is 0.319 e. The standard InChI is InChI=1S/C37H40F2N8O4S/c1-18(48)9-45-10-19-2-3-20(11-45)47(19)35-29-25-15-49-14-24(25)27(31-28-23(7-40)34(41)52-33(28)26(38)8-42-31)30(39)32(29)43-36(44-35)51-17-37(4-5-37)16-46-12-22-6-21(46)13-50-22/h8,18-22,48H,2-6,9-17,41H2,1H3/t18-,19?,20?,21+,22+/m1/s1. The van der Waals surface area contributed by atoms with Crippen LogP contribution < -0.4 is 15.4 Å². The highest BCUT2D eigenvalue weighted by Gasteiger charge is 2.50. The fourth-order valence-corrected chi connectivity index (χ4v) is 10.5. The Hall–Kier alpha value is -3.78. The van der Waals surface area contributed by atoms with E-state index in [0.717, 1.165) is 88.0 Å². The smallest absolute Gasteiger partial charge is 0.319 e. The molecule has 5 aliphatic heterocycles. The zero-order valence-corrected chi connectivity index (χ0v) is 29.7. The highest BCUT2D eigenvalue weighted by molar-refractivity contribution is 7.23. The molecule has 1 aliphatic carbocycles. The molecular formula is C37H40F2N8O4S. The molecule has 12 nitrogen and oxygen atoms in total. The van der Waals surface area contributed by atoms with Crippen LogP contribution in [0.4, 0.5) is 19.6 Å². The number of halogens is 2. The number of hydrogen-bond donors (Lipinski definition) is 2. The molecule has 0 spiro atoms. The van der Waals surface area contributed by atoms with Crippen LogP contribution in [0.2, 0.25) is 0 Å². The van der Waals surface area contributed by atoms with Gasteiger partial charge >= 0.3 is 6.01 Å². The van der Waals surface area contributed by atoms with Crippen molar-refractivity contribution >= 4 is 43.1 Å². The molecule has 272 valence electrons. The fraction of sp³-hybridized carbons (Fsp3) is 0.568. The third-order valence-corrected chi connectivity index (χ3v) is 13.2. The normalized spacial score (nSPS) is 26.8. The number of fused-ring (bicyclic) bond motifs is 8. The molecule has 2 unspecified atom stereocenters. The van der Waals surface area contributed by atoms with Crippen LogP contribution in [-0.2, 0) is 22.7 Å². The number of aromatic nitrogens is 3. The van der Waals surface area contributed by atoms with E-state index in [1.165, 1.54) is 0 Å². The Morgan fingerprint density at radius 3 is 2.62 bits per heavy atom. The molecule has 1 saturated carbocycles. The van der Waals surface area contributed by atoms with Gasteiger partial charge in [-0.25, -0.2) is 8.78 Å². The SMILES string of the molecule is C[C@@H](O)CN1CC2CCC(C1)N2c1nc(OCC2(CN3C[C@@H]4C[C@H]3CO4)CC2)nc2c(F)c(-c3ncc(F)c4sc(N)c(C#N)c34)c3c(c12)COC3. The van der Waals surface area contributed by atoms with Crippen molar-refractivity contribution in [2.24, 2.45) is 5.41 Å². The van der Waals surface area contributed by atoms with Crippen LogP contribution in [0.25, 0.3) is 32.2 Å². The molecule has 3 aromatic heterocycles. The van der Waals surface area contributed by atoms with Gasteiger partial charge in [-0.3, -0.25) is 14.8 Å². The number of likely N-dealkylation sites (tertiary alicyclic amines) is 2. The molecule has 4 bridgehead atoms. The molecule has 8 heterocycles. The van der Waals surface area contributed by atoms with Crippen molar-refractivity contribution in [2.75, 3.05) is 56.6 Å². The summed E-state index contributed by atoms with van der Waals surface area (Å²) in [5, 5.41) is 21.1. The first-order chi connectivity index (χ1) is 25.2. The third kappa shape index (κ3) is 5.17. The average molecular weight is 731 g/mol. The van der Waals surface area contributed by atoms with Crippen LogP contribution >= 0.6 is 11.3 Å².